The summed E-state index contributed by atoms with van der Waals surface area (Å²) in [6.45, 7) is 2.06. The smallest absolute Gasteiger partial charge is 0.0767 e. The molecule has 1 heterocycles. The zero-order chi connectivity index (χ0) is 5.28. The minimum atomic E-state index is 0.448. The van der Waals surface area contributed by atoms with E-state index in [9.17, 15) is 0 Å². The Balaban J connectivity index is 2.69. The van der Waals surface area contributed by atoms with E-state index in [4.69, 9.17) is 0 Å². The van der Waals surface area contributed by atoms with Crippen LogP contribution < -0.4 is 0 Å². The number of allylic oxidation sites excluding steroid dienone is 1. The topological polar surface area (TPSA) is 12.4 Å². The molecule has 0 aromatic heterocycles. The molecule has 38 valence electrons. The predicted molar refractivity (Wildman–Crippen MR) is 34.7 cm³/mol. The van der Waals surface area contributed by atoms with E-state index in [2.05, 4.69) is 24.5 Å². The van der Waals surface area contributed by atoms with Gasteiger partial charge >= 0.3 is 0 Å². The lowest BCUT2D eigenvalue weighted by Gasteiger charge is -1.92. The van der Waals surface area contributed by atoms with Crippen molar-refractivity contribution < 1.29 is 0 Å². The highest BCUT2D eigenvalue weighted by molar-refractivity contribution is 7.97. The lowest BCUT2D eigenvalue weighted by molar-refractivity contribution is 1.04. The summed E-state index contributed by atoms with van der Waals surface area (Å²) in [5, 5.41) is 0.917. The molecule has 0 fully saturated rings. The first kappa shape index (κ1) is 4.91. The number of hydrogen-bond donors (Lipinski definition) is 1. The third-order valence-corrected chi connectivity index (χ3v) is 1.51. The van der Waals surface area contributed by atoms with Crippen molar-refractivity contribution in [2.45, 2.75) is 6.92 Å². The molecule has 0 saturated heterocycles. The first-order valence-electron chi connectivity index (χ1n) is 2.24. The van der Waals surface area contributed by atoms with E-state index in [0.29, 0.717) is 5.92 Å². The summed E-state index contributed by atoms with van der Waals surface area (Å²) in [5.74, 6) is 0.448. The van der Waals surface area contributed by atoms with Gasteiger partial charge in [0.1, 0.15) is 0 Å². The van der Waals surface area contributed by atoms with Crippen LogP contribution >= 0.6 is 12.6 Å². The molecule has 7 heavy (non-hydrogen) atoms. The van der Waals surface area contributed by atoms with Crippen LogP contribution in [0.3, 0.4) is 0 Å². The molecule has 0 spiro atoms. The summed E-state index contributed by atoms with van der Waals surface area (Å²) >= 11 is 4.07. The fourth-order valence-electron chi connectivity index (χ4n) is 0.452. The van der Waals surface area contributed by atoms with Crippen molar-refractivity contribution in [3.63, 3.8) is 0 Å². The molecule has 0 bridgehead atoms. The molecule has 1 aliphatic rings. The number of aliphatic imine (C=N–C) groups is 1. The van der Waals surface area contributed by atoms with Crippen molar-refractivity contribution in [3.8, 4) is 0 Å². The predicted octanol–water partition coefficient (Wildman–Crippen LogP) is 1.48. The molecule has 0 aliphatic carbocycles. The fraction of sp³-hybridized carbons (Fsp3) is 0.400. The SMILES string of the molecule is CC1C=CN=C1S. The minimum Gasteiger partial charge on any atom is -0.254 e. The van der Waals surface area contributed by atoms with Crippen molar-refractivity contribution in [2.24, 2.45) is 10.9 Å². The highest BCUT2D eigenvalue weighted by Gasteiger charge is 2.04. The average molecular weight is 113 g/mol. The van der Waals surface area contributed by atoms with Gasteiger partial charge in [0, 0.05) is 12.1 Å². The van der Waals surface area contributed by atoms with Crippen LogP contribution in [-0.4, -0.2) is 5.04 Å². The highest BCUT2D eigenvalue weighted by Crippen LogP contribution is 2.10. The molecular weight excluding hydrogens is 106 g/mol. The van der Waals surface area contributed by atoms with Gasteiger partial charge in [0.15, 0.2) is 0 Å². The van der Waals surface area contributed by atoms with E-state index in [-0.39, 0.29) is 0 Å². The second-order valence-corrected chi connectivity index (χ2v) is 2.08. The lowest BCUT2D eigenvalue weighted by Crippen LogP contribution is -1.93. The van der Waals surface area contributed by atoms with Gasteiger partial charge in [0.2, 0.25) is 0 Å². The van der Waals surface area contributed by atoms with Crippen LogP contribution in [0.25, 0.3) is 0 Å². The summed E-state index contributed by atoms with van der Waals surface area (Å²) in [7, 11) is 0. The van der Waals surface area contributed by atoms with Gasteiger partial charge in [-0.1, -0.05) is 13.0 Å². The summed E-state index contributed by atoms with van der Waals surface area (Å²) in [5.41, 5.74) is 0. The van der Waals surface area contributed by atoms with Crippen LogP contribution in [0, 0.1) is 5.92 Å². The zero-order valence-electron chi connectivity index (χ0n) is 4.13. The normalized spacial score (nSPS) is 28.3. The van der Waals surface area contributed by atoms with E-state index in [1.54, 1.807) is 6.20 Å². The quantitative estimate of drug-likeness (QED) is 0.457. The van der Waals surface area contributed by atoms with E-state index >= 15 is 0 Å². The summed E-state index contributed by atoms with van der Waals surface area (Å²) < 4.78 is 0. The molecule has 0 radical (unpaired) electrons. The highest BCUT2D eigenvalue weighted by atomic mass is 32.1. The number of thiol groups is 1. The number of rotatable bonds is 0. The molecule has 1 aliphatic heterocycles. The molecular formula is C5H7NS. The van der Waals surface area contributed by atoms with E-state index < -0.39 is 0 Å². The van der Waals surface area contributed by atoms with Crippen molar-refractivity contribution >= 4 is 17.7 Å². The molecule has 1 unspecified atom stereocenters. The monoisotopic (exact) mass is 113 g/mol. The van der Waals surface area contributed by atoms with Crippen LogP contribution in [0.4, 0.5) is 0 Å². The van der Waals surface area contributed by atoms with E-state index in [1.165, 1.54) is 0 Å². The summed E-state index contributed by atoms with van der Waals surface area (Å²) in [4.78, 5) is 3.92. The van der Waals surface area contributed by atoms with Crippen LogP contribution in [-0.2, 0) is 0 Å². The van der Waals surface area contributed by atoms with Crippen molar-refractivity contribution in [1.82, 2.24) is 0 Å². The average Bonchev–Trinajstić information content (AvgIpc) is 1.91. The molecule has 1 rings (SSSR count). The van der Waals surface area contributed by atoms with Crippen molar-refractivity contribution in [1.29, 1.82) is 0 Å². The molecule has 0 aromatic rings. The van der Waals surface area contributed by atoms with Gasteiger partial charge in [-0.15, -0.1) is 12.6 Å². The Labute approximate surface area is 48.6 Å². The summed E-state index contributed by atoms with van der Waals surface area (Å²) in [6, 6.07) is 0. The molecule has 1 atom stereocenters. The maximum absolute atomic E-state index is 4.07. The maximum atomic E-state index is 4.07. The van der Waals surface area contributed by atoms with Gasteiger partial charge in [-0.3, -0.25) is 4.99 Å². The van der Waals surface area contributed by atoms with Gasteiger partial charge in [0.05, 0.1) is 5.04 Å². The Hall–Kier alpha value is -0.240. The Kier molecular flexibility index (Phi) is 1.19. The lowest BCUT2D eigenvalue weighted by atomic mass is 10.2. The van der Waals surface area contributed by atoms with Crippen LogP contribution in [0.2, 0.25) is 0 Å². The van der Waals surface area contributed by atoms with E-state index in [1.807, 2.05) is 6.08 Å². The molecule has 0 aromatic carbocycles. The Morgan fingerprint density at radius 3 is 2.71 bits per heavy atom. The molecule has 0 N–H and O–H groups in total. The fourth-order valence-corrected chi connectivity index (χ4v) is 0.605. The summed E-state index contributed by atoms with van der Waals surface area (Å²) in [6.07, 6.45) is 3.80. The second-order valence-electron chi connectivity index (χ2n) is 1.62. The third kappa shape index (κ3) is 0.855. The molecule has 0 saturated carbocycles. The maximum Gasteiger partial charge on any atom is 0.0767 e. The molecule has 0 amide bonds. The van der Waals surface area contributed by atoms with Gasteiger partial charge in [0.25, 0.3) is 0 Å². The van der Waals surface area contributed by atoms with Crippen molar-refractivity contribution in [3.05, 3.63) is 12.3 Å². The van der Waals surface area contributed by atoms with Crippen LogP contribution in [0.1, 0.15) is 6.92 Å². The Bertz CT molecular complexity index is 126. The standard InChI is InChI=1S/C5H7NS/c1-4-2-3-6-5(4)7/h2-4H,1H3,(H,6,7). The third-order valence-electron chi connectivity index (χ3n) is 0.989. The van der Waals surface area contributed by atoms with Crippen LogP contribution in [0.5, 0.6) is 0 Å². The second kappa shape index (κ2) is 1.70. The van der Waals surface area contributed by atoms with Gasteiger partial charge in [-0.25, -0.2) is 0 Å². The minimum absolute atomic E-state index is 0.448. The van der Waals surface area contributed by atoms with Gasteiger partial charge in [-0.05, 0) is 0 Å². The first-order valence-corrected chi connectivity index (χ1v) is 2.69. The van der Waals surface area contributed by atoms with E-state index in [0.717, 1.165) is 5.04 Å². The van der Waals surface area contributed by atoms with Crippen molar-refractivity contribution in [2.75, 3.05) is 0 Å². The molecule has 2 heteroatoms. The van der Waals surface area contributed by atoms with Gasteiger partial charge in [-0.2, -0.15) is 0 Å². The van der Waals surface area contributed by atoms with Gasteiger partial charge < -0.3 is 0 Å². The Morgan fingerprint density at radius 2 is 2.57 bits per heavy atom. The van der Waals surface area contributed by atoms with Crippen LogP contribution in [0.15, 0.2) is 17.3 Å². The Morgan fingerprint density at radius 1 is 1.86 bits per heavy atom. The molecule has 1 nitrogen and oxygen atoms in total. The number of nitrogens with zero attached hydrogens (tertiary/aromatic N) is 1. The number of hydrogen-bond acceptors (Lipinski definition) is 1. The first-order chi connectivity index (χ1) is 3.30. The zero-order valence-corrected chi connectivity index (χ0v) is 5.02. The largest absolute Gasteiger partial charge is 0.254 e.